The van der Waals surface area contributed by atoms with Crippen LogP contribution in [-0.2, 0) is 32.6 Å². The van der Waals surface area contributed by atoms with Crippen molar-refractivity contribution >= 4 is 27.5 Å². The fourth-order valence-corrected chi connectivity index (χ4v) is 5.91. The van der Waals surface area contributed by atoms with Crippen molar-refractivity contribution in [1.82, 2.24) is 10.2 Å². The van der Waals surface area contributed by atoms with Gasteiger partial charge in [0.2, 0.25) is 21.8 Å². The highest BCUT2D eigenvalue weighted by Gasteiger charge is 2.28. The van der Waals surface area contributed by atoms with Crippen molar-refractivity contribution < 1.29 is 18.0 Å². The number of carbonyl (C=O) groups excluding carboxylic acids is 2. The average molecular weight is 542 g/mol. The van der Waals surface area contributed by atoms with E-state index in [1.165, 1.54) is 17.0 Å². The molecular formula is C30H43N3O4S. The molecule has 208 valence electrons. The first-order chi connectivity index (χ1) is 18.1. The third-order valence-corrected chi connectivity index (χ3v) is 8.57. The monoisotopic (exact) mass is 541 g/mol. The van der Waals surface area contributed by atoms with E-state index in [0.29, 0.717) is 18.7 Å². The standard InChI is InChI=1S/C30H43N3O4S/c1-5-25-17-19-28(20-18-25)33(38(4,36)37)21-9-12-29(34)32(22-26-15-13-23(2)14-16-26)24(3)30(35)31-27-10-7-6-8-11-27/h13-20,24,27H,5-12,21-22H2,1-4H3,(H,31,35)/t24-/m1/s1. The minimum Gasteiger partial charge on any atom is -0.352 e. The lowest BCUT2D eigenvalue weighted by atomic mass is 9.95. The van der Waals surface area contributed by atoms with Gasteiger partial charge in [-0.2, -0.15) is 0 Å². The molecule has 0 bridgehead atoms. The Morgan fingerprint density at radius 2 is 1.58 bits per heavy atom. The van der Waals surface area contributed by atoms with E-state index in [-0.39, 0.29) is 30.8 Å². The zero-order valence-corrected chi connectivity index (χ0v) is 24.1. The summed E-state index contributed by atoms with van der Waals surface area (Å²) in [5, 5.41) is 3.15. The summed E-state index contributed by atoms with van der Waals surface area (Å²) in [5.74, 6) is -0.294. The summed E-state index contributed by atoms with van der Waals surface area (Å²) >= 11 is 0. The predicted octanol–water partition coefficient (Wildman–Crippen LogP) is 4.97. The Balaban J connectivity index is 1.70. The molecule has 0 aliphatic heterocycles. The maximum absolute atomic E-state index is 13.5. The molecule has 1 N–H and O–H groups in total. The fourth-order valence-electron chi connectivity index (χ4n) is 4.94. The summed E-state index contributed by atoms with van der Waals surface area (Å²) in [4.78, 5) is 28.3. The number of hydrogen-bond donors (Lipinski definition) is 1. The van der Waals surface area contributed by atoms with Gasteiger partial charge in [-0.3, -0.25) is 13.9 Å². The summed E-state index contributed by atoms with van der Waals surface area (Å²) in [7, 11) is -3.51. The molecular weight excluding hydrogens is 498 g/mol. The number of nitrogens with zero attached hydrogens (tertiary/aromatic N) is 2. The Morgan fingerprint density at radius 3 is 2.16 bits per heavy atom. The highest BCUT2D eigenvalue weighted by molar-refractivity contribution is 7.92. The third-order valence-electron chi connectivity index (χ3n) is 7.38. The second-order valence-corrected chi connectivity index (χ2v) is 12.4. The van der Waals surface area contributed by atoms with Gasteiger partial charge in [0.05, 0.1) is 11.9 Å². The van der Waals surface area contributed by atoms with Crippen LogP contribution < -0.4 is 9.62 Å². The normalized spacial score (nSPS) is 15.1. The molecule has 2 aromatic carbocycles. The number of aryl methyl sites for hydroxylation is 2. The molecule has 8 heteroatoms. The van der Waals surface area contributed by atoms with Gasteiger partial charge in [-0.25, -0.2) is 8.42 Å². The Hall–Kier alpha value is -2.87. The predicted molar refractivity (Wildman–Crippen MR) is 153 cm³/mol. The topological polar surface area (TPSA) is 86.8 Å². The number of amides is 2. The summed E-state index contributed by atoms with van der Waals surface area (Å²) in [5.41, 5.74) is 3.80. The van der Waals surface area contributed by atoms with Crippen molar-refractivity contribution in [1.29, 1.82) is 0 Å². The maximum atomic E-state index is 13.5. The molecule has 2 amide bonds. The molecule has 38 heavy (non-hydrogen) atoms. The van der Waals surface area contributed by atoms with Gasteiger partial charge in [-0.1, -0.05) is 68.1 Å². The number of benzene rings is 2. The van der Waals surface area contributed by atoms with Crippen LogP contribution in [0.4, 0.5) is 5.69 Å². The molecule has 3 rings (SSSR count). The summed E-state index contributed by atoms with van der Waals surface area (Å²) in [6.07, 6.45) is 7.94. The first-order valence-corrected chi connectivity index (χ1v) is 15.7. The second kappa shape index (κ2) is 13.8. The van der Waals surface area contributed by atoms with Crippen LogP contribution in [0, 0.1) is 6.92 Å². The summed E-state index contributed by atoms with van der Waals surface area (Å²) in [6, 6.07) is 15.0. The molecule has 0 radical (unpaired) electrons. The third kappa shape index (κ3) is 8.58. The number of hydrogen-bond acceptors (Lipinski definition) is 4. The van der Waals surface area contributed by atoms with Crippen LogP contribution >= 0.6 is 0 Å². The van der Waals surface area contributed by atoms with Gasteiger partial charge < -0.3 is 10.2 Å². The van der Waals surface area contributed by atoms with Crippen molar-refractivity contribution in [3.63, 3.8) is 0 Å². The van der Waals surface area contributed by atoms with Gasteiger partial charge in [0.1, 0.15) is 6.04 Å². The lowest BCUT2D eigenvalue weighted by molar-refractivity contribution is -0.141. The molecule has 1 aliphatic carbocycles. The smallest absolute Gasteiger partial charge is 0.242 e. The van der Waals surface area contributed by atoms with Gasteiger partial charge in [-0.05, 0) is 62.8 Å². The summed E-state index contributed by atoms with van der Waals surface area (Å²) in [6.45, 7) is 6.36. The Bertz CT molecular complexity index is 1160. The van der Waals surface area contributed by atoms with Crippen molar-refractivity contribution in [2.24, 2.45) is 0 Å². The quantitative estimate of drug-likeness (QED) is 0.411. The Morgan fingerprint density at radius 1 is 0.974 bits per heavy atom. The van der Waals surface area contributed by atoms with E-state index in [9.17, 15) is 18.0 Å². The Kier molecular flexibility index (Phi) is 10.8. The van der Waals surface area contributed by atoms with Crippen molar-refractivity contribution in [2.75, 3.05) is 17.1 Å². The molecule has 2 aromatic rings. The van der Waals surface area contributed by atoms with Crippen LogP contribution in [0.2, 0.25) is 0 Å². The van der Waals surface area contributed by atoms with Crippen LogP contribution in [0.3, 0.4) is 0 Å². The second-order valence-electron chi connectivity index (χ2n) is 10.5. The van der Waals surface area contributed by atoms with E-state index >= 15 is 0 Å². The van der Waals surface area contributed by atoms with Crippen molar-refractivity contribution in [3.8, 4) is 0 Å². The van der Waals surface area contributed by atoms with E-state index in [2.05, 4.69) is 5.32 Å². The van der Waals surface area contributed by atoms with Gasteiger partial charge >= 0.3 is 0 Å². The van der Waals surface area contributed by atoms with Crippen LogP contribution in [0.5, 0.6) is 0 Å². The molecule has 0 unspecified atom stereocenters. The molecule has 1 atom stereocenters. The first-order valence-electron chi connectivity index (χ1n) is 13.8. The van der Waals surface area contributed by atoms with Crippen molar-refractivity contribution in [3.05, 3.63) is 65.2 Å². The molecule has 1 aliphatic rings. The van der Waals surface area contributed by atoms with Gasteiger partial charge in [0.25, 0.3) is 0 Å². The zero-order chi connectivity index (χ0) is 27.7. The van der Waals surface area contributed by atoms with E-state index in [4.69, 9.17) is 0 Å². The molecule has 1 fully saturated rings. The highest BCUT2D eigenvalue weighted by Crippen LogP contribution is 2.21. The lowest BCUT2D eigenvalue weighted by Gasteiger charge is -2.31. The highest BCUT2D eigenvalue weighted by atomic mass is 32.2. The van der Waals surface area contributed by atoms with E-state index < -0.39 is 16.1 Å². The summed E-state index contributed by atoms with van der Waals surface area (Å²) < 4.78 is 26.4. The minimum absolute atomic E-state index is 0.133. The lowest BCUT2D eigenvalue weighted by Crippen LogP contribution is -2.50. The first kappa shape index (κ1) is 29.7. The zero-order valence-electron chi connectivity index (χ0n) is 23.3. The number of nitrogens with one attached hydrogen (secondary N) is 1. The molecule has 7 nitrogen and oxygen atoms in total. The molecule has 0 spiro atoms. The van der Waals surface area contributed by atoms with Crippen LogP contribution in [0.15, 0.2) is 48.5 Å². The van der Waals surface area contributed by atoms with Crippen LogP contribution in [0.1, 0.15) is 75.5 Å². The van der Waals surface area contributed by atoms with Crippen LogP contribution in [0.25, 0.3) is 0 Å². The van der Waals surface area contributed by atoms with Gasteiger partial charge in [-0.15, -0.1) is 0 Å². The molecule has 0 saturated heterocycles. The number of rotatable bonds is 12. The molecule has 1 saturated carbocycles. The van der Waals surface area contributed by atoms with E-state index in [0.717, 1.165) is 48.8 Å². The average Bonchev–Trinajstić information content (AvgIpc) is 2.90. The minimum atomic E-state index is -3.51. The molecule has 0 aromatic heterocycles. The number of carbonyl (C=O) groups is 2. The SMILES string of the molecule is CCc1ccc(N(CCCC(=O)N(Cc2ccc(C)cc2)[C@H](C)C(=O)NC2CCCCC2)S(C)(=O)=O)cc1. The largest absolute Gasteiger partial charge is 0.352 e. The fraction of sp³-hybridized carbons (Fsp3) is 0.533. The van der Waals surface area contributed by atoms with Gasteiger partial charge in [0.15, 0.2) is 0 Å². The van der Waals surface area contributed by atoms with Crippen molar-refractivity contribution in [2.45, 2.75) is 90.8 Å². The number of sulfonamides is 1. The Labute approximate surface area is 228 Å². The maximum Gasteiger partial charge on any atom is 0.242 e. The molecule has 0 heterocycles. The van der Waals surface area contributed by atoms with E-state index in [1.54, 1.807) is 11.8 Å². The number of anilines is 1. The van der Waals surface area contributed by atoms with Crippen LogP contribution in [-0.4, -0.2) is 50.0 Å². The van der Waals surface area contributed by atoms with Gasteiger partial charge in [0, 0.05) is 25.6 Å². The van der Waals surface area contributed by atoms with E-state index in [1.807, 2.05) is 62.4 Å².